The summed E-state index contributed by atoms with van der Waals surface area (Å²) in [6, 6.07) is 10.3. The van der Waals surface area contributed by atoms with E-state index in [2.05, 4.69) is 10.6 Å². The van der Waals surface area contributed by atoms with Gasteiger partial charge in [-0.15, -0.1) is 11.8 Å². The Hall–Kier alpha value is -3.01. The topological polar surface area (TPSA) is 78.5 Å². The Kier molecular flexibility index (Phi) is 6.59. The van der Waals surface area contributed by atoms with Crippen molar-refractivity contribution >= 4 is 40.9 Å². The molecule has 1 atom stereocenters. The first-order valence-corrected chi connectivity index (χ1v) is 10.2. The lowest BCUT2D eigenvalue weighted by atomic mass is 10.1. The van der Waals surface area contributed by atoms with Crippen LogP contribution in [0.4, 0.5) is 24.5 Å². The van der Waals surface area contributed by atoms with E-state index in [4.69, 9.17) is 0 Å². The molecule has 6 nitrogen and oxygen atoms in total. The summed E-state index contributed by atoms with van der Waals surface area (Å²) in [7, 11) is 1.45. The molecule has 2 aromatic carbocycles. The largest absolute Gasteiger partial charge is 0.416 e. The maximum absolute atomic E-state index is 12.8. The molecule has 31 heavy (non-hydrogen) atoms. The van der Waals surface area contributed by atoms with Crippen molar-refractivity contribution in [2.75, 3.05) is 24.2 Å². The molecule has 0 radical (unpaired) electrons. The molecule has 164 valence electrons. The van der Waals surface area contributed by atoms with Crippen molar-refractivity contribution in [1.29, 1.82) is 0 Å². The Balaban J connectivity index is 1.58. The zero-order chi connectivity index (χ0) is 22.8. The van der Waals surface area contributed by atoms with E-state index in [9.17, 15) is 27.6 Å². The van der Waals surface area contributed by atoms with Crippen LogP contribution in [0.5, 0.6) is 0 Å². The van der Waals surface area contributed by atoms with E-state index in [1.54, 1.807) is 12.1 Å². The molecule has 1 aliphatic rings. The fraction of sp³-hybridized carbons (Fsp3) is 0.286. The number of anilines is 2. The second kappa shape index (κ2) is 9.01. The normalized spacial score (nSPS) is 15.6. The summed E-state index contributed by atoms with van der Waals surface area (Å²) in [5.74, 6) is -1.37. The average molecular weight is 451 g/mol. The molecule has 10 heteroatoms. The predicted octanol–water partition coefficient (Wildman–Crippen LogP) is 3.91. The summed E-state index contributed by atoms with van der Waals surface area (Å²) in [6.07, 6.45) is -4.70. The number of likely N-dealkylation sites (N-methyl/N-ethyl adjacent to an activating group) is 1. The number of fused-ring (bicyclic) bond motifs is 1. The van der Waals surface area contributed by atoms with Gasteiger partial charge in [-0.3, -0.25) is 14.4 Å². The van der Waals surface area contributed by atoms with Crippen LogP contribution in [0, 0.1) is 6.92 Å². The standard InChI is InChI=1S/C21H20F3N3O3S/c1-12-3-6-14(7-4-12)25-18(28)11-27(2)19(29)10-17-20(30)26-15-9-13(21(22,23)24)5-8-16(15)31-17/h3-9,17H,10-11H2,1-2H3,(H,25,28)(H,26,30)/t17-/m1/s1. The minimum atomic E-state index is -4.51. The molecule has 0 saturated heterocycles. The van der Waals surface area contributed by atoms with Crippen molar-refractivity contribution in [1.82, 2.24) is 4.90 Å². The van der Waals surface area contributed by atoms with Crippen molar-refractivity contribution in [3.63, 3.8) is 0 Å². The number of rotatable bonds is 5. The summed E-state index contributed by atoms with van der Waals surface area (Å²) >= 11 is 1.03. The number of nitrogens with zero attached hydrogens (tertiary/aromatic N) is 1. The molecule has 0 fully saturated rings. The fourth-order valence-electron chi connectivity index (χ4n) is 2.92. The molecule has 0 aliphatic carbocycles. The number of carbonyl (C=O) groups excluding carboxylic acids is 3. The van der Waals surface area contributed by atoms with Crippen molar-refractivity contribution in [3.8, 4) is 0 Å². The second-order valence-electron chi connectivity index (χ2n) is 7.17. The van der Waals surface area contributed by atoms with E-state index < -0.39 is 28.8 Å². The number of hydrogen-bond donors (Lipinski definition) is 2. The Bertz CT molecular complexity index is 1010. The maximum Gasteiger partial charge on any atom is 0.416 e. The van der Waals surface area contributed by atoms with Gasteiger partial charge in [-0.1, -0.05) is 17.7 Å². The van der Waals surface area contributed by atoms with Crippen molar-refractivity contribution in [3.05, 3.63) is 53.6 Å². The van der Waals surface area contributed by atoms with Gasteiger partial charge in [0.2, 0.25) is 17.7 Å². The molecule has 3 amide bonds. The molecule has 3 rings (SSSR count). The lowest BCUT2D eigenvalue weighted by molar-refractivity contribution is -0.137. The van der Waals surface area contributed by atoms with Crippen LogP contribution in [0.15, 0.2) is 47.4 Å². The van der Waals surface area contributed by atoms with Crippen LogP contribution in [-0.4, -0.2) is 41.5 Å². The molecule has 2 N–H and O–H groups in total. The highest BCUT2D eigenvalue weighted by molar-refractivity contribution is 8.01. The molecule has 2 aromatic rings. The summed E-state index contributed by atoms with van der Waals surface area (Å²) < 4.78 is 38.5. The van der Waals surface area contributed by atoms with Gasteiger partial charge in [0.25, 0.3) is 0 Å². The quantitative estimate of drug-likeness (QED) is 0.723. The van der Waals surface area contributed by atoms with Crippen LogP contribution < -0.4 is 10.6 Å². The van der Waals surface area contributed by atoms with Gasteiger partial charge in [0.1, 0.15) is 0 Å². The van der Waals surface area contributed by atoms with Crippen LogP contribution in [0.25, 0.3) is 0 Å². The molecule has 1 aliphatic heterocycles. The number of halogens is 3. The zero-order valence-corrected chi connectivity index (χ0v) is 17.6. The number of thioether (sulfide) groups is 1. The van der Waals surface area contributed by atoms with Crippen molar-refractivity contribution < 1.29 is 27.6 Å². The second-order valence-corrected chi connectivity index (χ2v) is 8.42. The van der Waals surface area contributed by atoms with E-state index in [0.29, 0.717) is 10.6 Å². The first kappa shape index (κ1) is 22.7. The number of nitrogens with one attached hydrogen (secondary N) is 2. The molecule has 0 spiro atoms. The Labute approximate surface area is 181 Å². The number of benzene rings is 2. The van der Waals surface area contributed by atoms with E-state index in [0.717, 1.165) is 29.5 Å². The highest BCUT2D eigenvalue weighted by atomic mass is 32.2. The molecule has 0 unspecified atom stereocenters. The third-order valence-electron chi connectivity index (χ3n) is 4.63. The van der Waals surface area contributed by atoms with Crippen LogP contribution >= 0.6 is 11.8 Å². The Morgan fingerprint density at radius 2 is 1.84 bits per heavy atom. The third kappa shape index (κ3) is 5.78. The van der Waals surface area contributed by atoms with Gasteiger partial charge in [0.15, 0.2) is 0 Å². The third-order valence-corrected chi connectivity index (χ3v) is 5.90. The molecule has 0 aromatic heterocycles. The smallest absolute Gasteiger partial charge is 0.336 e. The molecular weight excluding hydrogens is 431 g/mol. The van der Waals surface area contributed by atoms with Gasteiger partial charge in [0.05, 0.1) is 23.0 Å². The van der Waals surface area contributed by atoms with E-state index in [-0.39, 0.29) is 24.6 Å². The number of amides is 3. The Morgan fingerprint density at radius 3 is 2.48 bits per heavy atom. The summed E-state index contributed by atoms with van der Waals surface area (Å²) in [5, 5.41) is 4.32. The van der Waals surface area contributed by atoms with Crippen LogP contribution in [0.3, 0.4) is 0 Å². The van der Waals surface area contributed by atoms with Crippen LogP contribution in [0.1, 0.15) is 17.5 Å². The number of alkyl halides is 3. The van der Waals surface area contributed by atoms with Gasteiger partial charge >= 0.3 is 6.18 Å². The summed E-state index contributed by atoms with van der Waals surface area (Å²) in [6.45, 7) is 1.72. The van der Waals surface area contributed by atoms with E-state index in [1.807, 2.05) is 19.1 Å². The lowest BCUT2D eigenvalue weighted by Crippen LogP contribution is -2.39. The molecule has 0 saturated carbocycles. The number of hydrogen-bond acceptors (Lipinski definition) is 4. The lowest BCUT2D eigenvalue weighted by Gasteiger charge is -2.26. The predicted molar refractivity (Wildman–Crippen MR) is 112 cm³/mol. The Morgan fingerprint density at radius 1 is 1.16 bits per heavy atom. The van der Waals surface area contributed by atoms with E-state index >= 15 is 0 Å². The van der Waals surface area contributed by atoms with Gasteiger partial charge in [-0.05, 0) is 37.3 Å². The highest BCUT2D eigenvalue weighted by Gasteiger charge is 2.34. The van der Waals surface area contributed by atoms with Crippen molar-refractivity contribution in [2.45, 2.75) is 29.7 Å². The minimum absolute atomic E-state index is 0.0688. The zero-order valence-electron chi connectivity index (χ0n) is 16.7. The molecule has 1 heterocycles. The number of aryl methyl sites for hydroxylation is 1. The first-order valence-electron chi connectivity index (χ1n) is 9.32. The van der Waals surface area contributed by atoms with E-state index in [1.165, 1.54) is 18.0 Å². The van der Waals surface area contributed by atoms with Gasteiger partial charge in [-0.2, -0.15) is 13.2 Å². The van der Waals surface area contributed by atoms with Crippen molar-refractivity contribution in [2.24, 2.45) is 0 Å². The highest BCUT2D eigenvalue weighted by Crippen LogP contribution is 2.40. The number of carbonyl (C=O) groups is 3. The maximum atomic E-state index is 12.8. The first-order chi connectivity index (χ1) is 14.5. The van der Waals surface area contributed by atoms with Gasteiger partial charge in [0, 0.05) is 24.1 Å². The van der Waals surface area contributed by atoms with Gasteiger partial charge in [-0.25, -0.2) is 0 Å². The summed E-state index contributed by atoms with van der Waals surface area (Å²) in [5.41, 5.74) is 0.860. The average Bonchev–Trinajstić information content (AvgIpc) is 2.69. The SMILES string of the molecule is Cc1ccc(NC(=O)CN(C)C(=O)C[C@H]2Sc3ccc(C(F)(F)F)cc3NC2=O)cc1. The minimum Gasteiger partial charge on any atom is -0.336 e. The fourth-order valence-corrected chi connectivity index (χ4v) is 4.00. The van der Waals surface area contributed by atoms with Crippen LogP contribution in [-0.2, 0) is 20.6 Å². The van der Waals surface area contributed by atoms with Crippen LogP contribution in [0.2, 0.25) is 0 Å². The monoisotopic (exact) mass is 451 g/mol. The van der Waals surface area contributed by atoms with Gasteiger partial charge < -0.3 is 15.5 Å². The molecule has 0 bridgehead atoms. The summed E-state index contributed by atoms with van der Waals surface area (Å²) in [4.78, 5) is 38.6. The molecular formula is C21H20F3N3O3S.